The van der Waals surface area contributed by atoms with Gasteiger partial charge >= 0.3 is 0 Å². The van der Waals surface area contributed by atoms with Crippen LogP contribution < -0.4 is 4.74 Å². The van der Waals surface area contributed by atoms with Crippen molar-refractivity contribution in [3.8, 4) is 5.75 Å². The third kappa shape index (κ3) is 2.42. The topological polar surface area (TPSA) is 59.0 Å². The highest BCUT2D eigenvalue weighted by molar-refractivity contribution is 5.86. The summed E-state index contributed by atoms with van der Waals surface area (Å²) < 4.78 is 6.25. The first-order valence-electron chi connectivity index (χ1n) is 8.33. The van der Waals surface area contributed by atoms with Crippen LogP contribution in [0.15, 0.2) is 5.18 Å². The molecule has 0 N–H and O–H groups in total. The maximum Gasteiger partial charge on any atom is 0.266 e. The third-order valence-electron chi connectivity index (χ3n) is 5.46. The average Bonchev–Trinajstić information content (AvgIpc) is 3.07. The van der Waals surface area contributed by atoms with Gasteiger partial charge < -0.3 is 9.64 Å². The second kappa shape index (κ2) is 5.62. The molecule has 1 fully saturated rings. The number of nitrogens with zero attached hydrogens (tertiary/aromatic N) is 2. The Morgan fingerprint density at radius 3 is 2.39 bits per heavy atom. The molecule has 1 amide bonds. The summed E-state index contributed by atoms with van der Waals surface area (Å²) in [6.45, 7) is 9.29. The van der Waals surface area contributed by atoms with E-state index in [2.05, 4.69) is 5.18 Å². The van der Waals surface area contributed by atoms with Gasteiger partial charge in [-0.05, 0) is 74.4 Å². The lowest BCUT2D eigenvalue weighted by molar-refractivity contribution is -0.147. The van der Waals surface area contributed by atoms with Crippen molar-refractivity contribution < 1.29 is 9.53 Å². The number of hydrogen-bond donors (Lipinski definition) is 0. The number of hydrogen-bond acceptors (Lipinski definition) is 4. The maximum absolute atomic E-state index is 12.9. The van der Waals surface area contributed by atoms with Crippen LogP contribution in [0.5, 0.6) is 5.75 Å². The fourth-order valence-corrected chi connectivity index (χ4v) is 3.79. The fourth-order valence-electron chi connectivity index (χ4n) is 3.79. The Hall–Kier alpha value is -1.91. The first-order valence-corrected chi connectivity index (χ1v) is 8.33. The largest absolute Gasteiger partial charge is 0.477 e. The van der Waals surface area contributed by atoms with E-state index in [9.17, 15) is 9.70 Å². The lowest BCUT2D eigenvalue weighted by Gasteiger charge is -2.38. The van der Waals surface area contributed by atoms with Gasteiger partial charge in [-0.15, -0.1) is 4.91 Å². The molecule has 0 aromatic heterocycles. The summed E-state index contributed by atoms with van der Waals surface area (Å²) in [5, 5.41) is 3.19. The summed E-state index contributed by atoms with van der Waals surface area (Å²) in [5.41, 5.74) is 3.37. The first kappa shape index (κ1) is 16.0. The minimum atomic E-state index is -0.808. The highest BCUT2D eigenvalue weighted by Gasteiger charge is 2.43. The van der Waals surface area contributed by atoms with Crippen LogP contribution in [0.3, 0.4) is 0 Å². The summed E-state index contributed by atoms with van der Waals surface area (Å²) in [6, 6.07) is 0. The number of amides is 1. The molecule has 23 heavy (non-hydrogen) atoms. The zero-order chi connectivity index (χ0) is 16.8. The number of fused-ring (bicyclic) bond motifs is 1. The van der Waals surface area contributed by atoms with Crippen molar-refractivity contribution >= 4 is 11.6 Å². The molecule has 1 aromatic rings. The van der Waals surface area contributed by atoms with E-state index in [1.807, 2.05) is 32.6 Å². The van der Waals surface area contributed by atoms with Crippen LogP contribution in [0.25, 0.3) is 0 Å². The van der Waals surface area contributed by atoms with Crippen LogP contribution in [-0.2, 0) is 11.2 Å². The minimum absolute atomic E-state index is 0.0907. The van der Waals surface area contributed by atoms with Crippen LogP contribution >= 0.6 is 0 Å². The van der Waals surface area contributed by atoms with Crippen molar-refractivity contribution in [2.45, 2.75) is 59.0 Å². The van der Waals surface area contributed by atoms with Gasteiger partial charge in [0.25, 0.3) is 5.91 Å². The minimum Gasteiger partial charge on any atom is -0.477 e. The van der Waals surface area contributed by atoms with Gasteiger partial charge in [-0.1, -0.05) is 0 Å². The predicted molar refractivity (Wildman–Crippen MR) is 89.3 cm³/mol. The maximum atomic E-state index is 12.9. The fraction of sp³-hybridized carbons (Fsp3) is 0.611. The van der Waals surface area contributed by atoms with Crippen LogP contribution in [-0.4, -0.2) is 29.5 Å². The van der Waals surface area contributed by atoms with Gasteiger partial charge in [0.05, 0.1) is 0 Å². The van der Waals surface area contributed by atoms with E-state index >= 15 is 0 Å². The number of benzene rings is 1. The molecule has 0 saturated carbocycles. The molecule has 2 aliphatic heterocycles. The third-order valence-corrected chi connectivity index (χ3v) is 5.46. The number of likely N-dealkylation sites (tertiary alicyclic amines) is 1. The lowest BCUT2D eigenvalue weighted by Crippen LogP contribution is -2.52. The SMILES string of the molecule is Cc1c(C)c2c(c(C)c1N=O)CCC(C)(C(=O)N1CCCC1)O2. The molecule has 0 radical (unpaired) electrons. The number of nitroso groups, excluding NO2 is 1. The van der Waals surface area contributed by atoms with Crippen LogP contribution in [0.2, 0.25) is 0 Å². The Kier molecular flexibility index (Phi) is 3.90. The van der Waals surface area contributed by atoms with E-state index in [1.165, 1.54) is 0 Å². The van der Waals surface area contributed by atoms with Crippen molar-refractivity contribution in [3.05, 3.63) is 27.2 Å². The Bertz CT molecular complexity index is 678. The van der Waals surface area contributed by atoms with Crippen molar-refractivity contribution in [1.82, 2.24) is 4.90 Å². The van der Waals surface area contributed by atoms with E-state index in [0.717, 1.165) is 60.4 Å². The molecule has 5 heteroatoms. The smallest absolute Gasteiger partial charge is 0.266 e. The summed E-state index contributed by atoms with van der Waals surface area (Å²) in [7, 11) is 0. The highest BCUT2D eigenvalue weighted by atomic mass is 16.5. The number of carbonyl (C=O) groups is 1. The van der Waals surface area contributed by atoms with E-state index < -0.39 is 5.60 Å². The number of carbonyl (C=O) groups excluding carboxylic acids is 1. The number of ether oxygens (including phenoxy) is 1. The first-order chi connectivity index (χ1) is 10.9. The van der Waals surface area contributed by atoms with E-state index in [-0.39, 0.29) is 5.91 Å². The molecule has 2 aliphatic rings. The summed E-state index contributed by atoms with van der Waals surface area (Å²) in [5.74, 6) is 0.863. The monoisotopic (exact) mass is 316 g/mol. The summed E-state index contributed by atoms with van der Waals surface area (Å²) in [6.07, 6.45) is 3.52. The van der Waals surface area contributed by atoms with Gasteiger partial charge in [0.1, 0.15) is 11.4 Å². The Balaban J connectivity index is 2.00. The van der Waals surface area contributed by atoms with Crippen LogP contribution in [0.4, 0.5) is 5.69 Å². The quantitative estimate of drug-likeness (QED) is 0.781. The zero-order valence-electron chi connectivity index (χ0n) is 14.4. The molecule has 2 heterocycles. The molecule has 0 aliphatic carbocycles. The summed E-state index contributed by atoms with van der Waals surface area (Å²) in [4.78, 5) is 25.9. The normalized spacial score (nSPS) is 23.4. The molecule has 1 aromatic carbocycles. The summed E-state index contributed by atoms with van der Waals surface area (Å²) >= 11 is 0. The van der Waals surface area contributed by atoms with Crippen molar-refractivity contribution in [3.63, 3.8) is 0 Å². The van der Waals surface area contributed by atoms with E-state index in [4.69, 9.17) is 4.74 Å². The molecule has 1 saturated heterocycles. The predicted octanol–water partition coefficient (Wildman–Crippen LogP) is 3.72. The second-order valence-electron chi connectivity index (χ2n) is 6.95. The highest BCUT2D eigenvalue weighted by Crippen LogP contribution is 2.44. The van der Waals surface area contributed by atoms with Gasteiger partial charge in [-0.2, -0.15) is 0 Å². The Morgan fingerprint density at radius 2 is 1.78 bits per heavy atom. The van der Waals surface area contributed by atoms with Gasteiger partial charge in [-0.25, -0.2) is 0 Å². The molecular formula is C18H24N2O3. The van der Waals surface area contributed by atoms with Gasteiger partial charge in [0.2, 0.25) is 0 Å². The molecular weight excluding hydrogens is 292 g/mol. The molecule has 5 nitrogen and oxygen atoms in total. The Labute approximate surface area is 137 Å². The molecule has 124 valence electrons. The Morgan fingerprint density at radius 1 is 1.13 bits per heavy atom. The van der Waals surface area contributed by atoms with Gasteiger partial charge in [-0.3, -0.25) is 4.79 Å². The van der Waals surface area contributed by atoms with Gasteiger partial charge in [0, 0.05) is 19.5 Å². The van der Waals surface area contributed by atoms with Gasteiger partial charge in [0.15, 0.2) is 5.60 Å². The molecule has 1 unspecified atom stereocenters. The molecule has 0 spiro atoms. The van der Waals surface area contributed by atoms with Crippen molar-refractivity contribution in [1.29, 1.82) is 0 Å². The molecule has 1 atom stereocenters. The number of rotatable bonds is 2. The average molecular weight is 316 g/mol. The van der Waals surface area contributed by atoms with Crippen LogP contribution in [0.1, 0.15) is 48.4 Å². The molecule has 3 rings (SSSR count). The second-order valence-corrected chi connectivity index (χ2v) is 6.95. The van der Waals surface area contributed by atoms with E-state index in [0.29, 0.717) is 12.1 Å². The lowest BCUT2D eigenvalue weighted by atomic mass is 9.86. The standard InChI is InChI=1S/C18H24N2O3/c1-11-12(2)16-14(13(3)15(11)19-22)7-8-18(4,23-16)17(21)20-9-5-6-10-20/h5-10H2,1-4H3. The van der Waals surface area contributed by atoms with Crippen molar-refractivity contribution in [2.24, 2.45) is 5.18 Å². The van der Waals surface area contributed by atoms with Crippen LogP contribution in [0, 0.1) is 25.7 Å². The zero-order valence-corrected chi connectivity index (χ0v) is 14.4. The van der Waals surface area contributed by atoms with E-state index in [1.54, 1.807) is 0 Å². The van der Waals surface area contributed by atoms with Crippen molar-refractivity contribution in [2.75, 3.05) is 13.1 Å². The molecule has 0 bridgehead atoms.